The van der Waals surface area contributed by atoms with Crippen LogP contribution in [0.25, 0.3) is 0 Å². The third-order valence-electron chi connectivity index (χ3n) is 2.21. The van der Waals surface area contributed by atoms with Crippen molar-refractivity contribution < 1.29 is 24.2 Å². The van der Waals surface area contributed by atoms with Gasteiger partial charge in [-0.15, -0.1) is 0 Å². The highest BCUT2D eigenvalue weighted by molar-refractivity contribution is 6.00. The Kier molecular flexibility index (Phi) is 5.93. The fourth-order valence-electron chi connectivity index (χ4n) is 1.15. The van der Waals surface area contributed by atoms with Crippen molar-refractivity contribution in [2.75, 3.05) is 19.8 Å². The molecule has 0 atom stereocenters. The fraction of sp³-hybridized carbons (Fsp3) is 0.800. The summed E-state index contributed by atoms with van der Waals surface area (Å²) in [7, 11) is 0. The molecule has 15 heavy (non-hydrogen) atoms. The van der Waals surface area contributed by atoms with Gasteiger partial charge in [0.25, 0.3) is 0 Å². The summed E-state index contributed by atoms with van der Waals surface area (Å²) in [6.07, 6.45) is 0.154. The number of ether oxygens (including phenoxy) is 2. The maximum Gasteiger partial charge on any atom is 0.325 e. The largest absolute Gasteiger partial charge is 0.465 e. The number of hydrogen-bond acceptors (Lipinski definition) is 5. The van der Waals surface area contributed by atoms with Crippen molar-refractivity contribution in [1.29, 1.82) is 0 Å². The molecule has 0 fully saturated rings. The van der Waals surface area contributed by atoms with Crippen LogP contribution in [0.15, 0.2) is 0 Å². The molecule has 0 aromatic rings. The van der Waals surface area contributed by atoms with Gasteiger partial charge in [0.2, 0.25) is 0 Å². The second-order valence-electron chi connectivity index (χ2n) is 3.03. The number of aliphatic hydroxyl groups is 1. The Bertz CT molecular complexity index is 200. The molecule has 0 aliphatic rings. The topological polar surface area (TPSA) is 72.8 Å². The highest BCUT2D eigenvalue weighted by Gasteiger charge is 2.46. The van der Waals surface area contributed by atoms with Gasteiger partial charge in [0.1, 0.15) is 0 Å². The van der Waals surface area contributed by atoms with Gasteiger partial charge >= 0.3 is 11.9 Å². The van der Waals surface area contributed by atoms with E-state index in [9.17, 15) is 9.59 Å². The van der Waals surface area contributed by atoms with Crippen LogP contribution in [-0.2, 0) is 19.1 Å². The maximum atomic E-state index is 11.6. The van der Waals surface area contributed by atoms with Crippen LogP contribution in [0.3, 0.4) is 0 Å². The van der Waals surface area contributed by atoms with Crippen molar-refractivity contribution in [3.63, 3.8) is 0 Å². The van der Waals surface area contributed by atoms with Crippen LogP contribution in [0.2, 0.25) is 0 Å². The minimum Gasteiger partial charge on any atom is -0.465 e. The average Bonchev–Trinajstić information content (AvgIpc) is 2.21. The monoisotopic (exact) mass is 218 g/mol. The van der Waals surface area contributed by atoms with Gasteiger partial charge in [-0.05, 0) is 20.3 Å². The van der Waals surface area contributed by atoms with E-state index in [1.807, 2.05) is 0 Å². The summed E-state index contributed by atoms with van der Waals surface area (Å²) in [6.45, 7) is 4.65. The molecule has 0 aliphatic heterocycles. The summed E-state index contributed by atoms with van der Waals surface area (Å²) < 4.78 is 9.51. The lowest BCUT2D eigenvalue weighted by Gasteiger charge is -2.25. The molecule has 0 aliphatic carbocycles. The van der Waals surface area contributed by atoms with E-state index in [-0.39, 0.29) is 19.6 Å². The first-order chi connectivity index (χ1) is 7.08. The van der Waals surface area contributed by atoms with E-state index in [1.54, 1.807) is 20.8 Å². The Hall–Kier alpha value is -1.10. The average molecular weight is 218 g/mol. The Morgan fingerprint density at radius 3 is 1.67 bits per heavy atom. The molecule has 5 nitrogen and oxygen atoms in total. The molecule has 1 N–H and O–H groups in total. The van der Waals surface area contributed by atoms with Crippen molar-refractivity contribution in [1.82, 2.24) is 0 Å². The van der Waals surface area contributed by atoms with E-state index in [0.29, 0.717) is 0 Å². The Morgan fingerprint density at radius 2 is 1.47 bits per heavy atom. The number of esters is 2. The van der Waals surface area contributed by atoms with E-state index in [1.165, 1.54) is 0 Å². The normalized spacial score (nSPS) is 10.9. The van der Waals surface area contributed by atoms with Gasteiger partial charge in [-0.3, -0.25) is 9.59 Å². The number of rotatable bonds is 6. The van der Waals surface area contributed by atoms with Crippen LogP contribution in [0.5, 0.6) is 0 Å². The first-order valence-corrected chi connectivity index (χ1v) is 5.04. The number of aliphatic hydroxyl groups excluding tert-OH is 1. The molecule has 0 heterocycles. The molecule has 88 valence electrons. The summed E-state index contributed by atoms with van der Waals surface area (Å²) in [5.41, 5.74) is -1.56. The molecule has 0 saturated heterocycles. The van der Waals surface area contributed by atoms with E-state index in [4.69, 9.17) is 14.6 Å². The summed E-state index contributed by atoms with van der Waals surface area (Å²) >= 11 is 0. The smallest absolute Gasteiger partial charge is 0.325 e. The molecular weight excluding hydrogens is 200 g/mol. The van der Waals surface area contributed by atoms with Crippen LogP contribution >= 0.6 is 0 Å². The molecule has 0 unspecified atom stereocenters. The third-order valence-corrected chi connectivity index (χ3v) is 2.21. The minimum atomic E-state index is -1.56. The Morgan fingerprint density at radius 1 is 1.07 bits per heavy atom. The molecule has 0 aromatic carbocycles. The summed E-state index contributed by atoms with van der Waals surface area (Å²) in [5.74, 6) is -1.46. The van der Waals surface area contributed by atoms with Crippen LogP contribution in [0.4, 0.5) is 0 Å². The Labute approximate surface area is 89.4 Å². The van der Waals surface area contributed by atoms with Crippen LogP contribution in [0, 0.1) is 5.41 Å². The summed E-state index contributed by atoms with van der Waals surface area (Å²) in [4.78, 5) is 23.1. The van der Waals surface area contributed by atoms with Gasteiger partial charge in [0.15, 0.2) is 5.41 Å². The lowest BCUT2D eigenvalue weighted by atomic mass is 9.86. The van der Waals surface area contributed by atoms with Crippen molar-refractivity contribution in [2.24, 2.45) is 5.41 Å². The molecular formula is C10H18O5. The van der Waals surface area contributed by atoms with E-state index in [0.717, 1.165) is 0 Å². The molecule has 5 heteroatoms. The van der Waals surface area contributed by atoms with Gasteiger partial charge in [-0.2, -0.15) is 0 Å². The predicted molar refractivity (Wildman–Crippen MR) is 53.1 cm³/mol. The zero-order chi connectivity index (χ0) is 11.9. The highest BCUT2D eigenvalue weighted by Crippen LogP contribution is 2.25. The van der Waals surface area contributed by atoms with Gasteiger partial charge in [-0.25, -0.2) is 0 Å². The van der Waals surface area contributed by atoms with Crippen LogP contribution < -0.4 is 0 Å². The summed E-state index contributed by atoms with van der Waals surface area (Å²) in [6, 6.07) is 0. The van der Waals surface area contributed by atoms with Crippen molar-refractivity contribution in [3.05, 3.63) is 0 Å². The molecule has 0 bridgehead atoms. The van der Waals surface area contributed by atoms with Crippen molar-refractivity contribution in [3.8, 4) is 0 Å². The van der Waals surface area contributed by atoms with E-state index in [2.05, 4.69) is 0 Å². The molecule has 0 saturated carbocycles. The predicted octanol–water partition coefficient (Wildman–Crippen LogP) is 0.501. The molecule has 0 spiro atoms. The molecule has 0 radical (unpaired) electrons. The number of carbonyl (C=O) groups excluding carboxylic acids is 2. The Balaban J connectivity index is 4.86. The molecule has 0 rings (SSSR count). The summed E-state index contributed by atoms with van der Waals surface area (Å²) in [5, 5.41) is 9.17. The molecule has 0 aromatic heterocycles. The van der Waals surface area contributed by atoms with Crippen molar-refractivity contribution >= 4 is 11.9 Å². The standard InChI is InChI=1S/C10H18O5/c1-4-10(7-11,8(12)14-5-2)9(13)15-6-3/h11H,4-7H2,1-3H3. The fourth-order valence-corrected chi connectivity index (χ4v) is 1.15. The zero-order valence-electron chi connectivity index (χ0n) is 9.41. The molecule has 0 amide bonds. The quantitative estimate of drug-likeness (QED) is 0.519. The van der Waals surface area contributed by atoms with Crippen LogP contribution in [-0.4, -0.2) is 36.9 Å². The maximum absolute atomic E-state index is 11.6. The van der Waals surface area contributed by atoms with E-state index >= 15 is 0 Å². The van der Waals surface area contributed by atoms with Gasteiger partial charge in [0.05, 0.1) is 19.8 Å². The lowest BCUT2D eigenvalue weighted by Crippen LogP contribution is -2.44. The number of carbonyl (C=O) groups is 2. The minimum absolute atomic E-state index is 0.154. The lowest BCUT2D eigenvalue weighted by molar-refractivity contribution is -0.175. The van der Waals surface area contributed by atoms with Crippen LogP contribution in [0.1, 0.15) is 27.2 Å². The van der Waals surface area contributed by atoms with E-state index < -0.39 is 24.0 Å². The second-order valence-corrected chi connectivity index (χ2v) is 3.03. The first kappa shape index (κ1) is 13.9. The van der Waals surface area contributed by atoms with Gasteiger partial charge in [0, 0.05) is 0 Å². The van der Waals surface area contributed by atoms with Gasteiger partial charge in [-0.1, -0.05) is 6.92 Å². The third kappa shape index (κ3) is 2.92. The van der Waals surface area contributed by atoms with Crippen molar-refractivity contribution in [2.45, 2.75) is 27.2 Å². The first-order valence-electron chi connectivity index (χ1n) is 5.04. The second kappa shape index (κ2) is 6.40. The van der Waals surface area contributed by atoms with Gasteiger partial charge < -0.3 is 14.6 Å². The zero-order valence-corrected chi connectivity index (χ0v) is 9.41. The SMILES string of the molecule is CCOC(=O)C(CC)(CO)C(=O)OCC. The highest BCUT2D eigenvalue weighted by atomic mass is 16.6. The number of hydrogen-bond donors (Lipinski definition) is 1.